The molecule has 0 saturated carbocycles. The van der Waals surface area contributed by atoms with Gasteiger partial charge in [0.05, 0.1) is 0 Å². The van der Waals surface area contributed by atoms with Crippen molar-refractivity contribution in [3.63, 3.8) is 0 Å². The first-order valence-corrected chi connectivity index (χ1v) is 7.21. The number of carbonyl (C=O) groups is 3. The number of rotatable bonds is 6. The lowest BCUT2D eigenvalue weighted by Gasteiger charge is -2.17. The first-order chi connectivity index (χ1) is 10.4. The summed E-state index contributed by atoms with van der Waals surface area (Å²) >= 11 is 0. The van der Waals surface area contributed by atoms with Crippen LogP contribution in [-0.4, -0.2) is 25.0 Å². The molecular formula is C16H22N2O4. The van der Waals surface area contributed by atoms with Crippen molar-refractivity contribution in [1.82, 2.24) is 10.6 Å². The second kappa shape index (κ2) is 8.81. The highest BCUT2D eigenvalue weighted by Gasteiger charge is 2.26. The topological polar surface area (TPSA) is 84.5 Å². The molecular weight excluding hydrogens is 284 g/mol. The van der Waals surface area contributed by atoms with Gasteiger partial charge in [-0.15, -0.1) is 0 Å². The molecule has 2 N–H and O–H groups in total. The first kappa shape index (κ1) is 17.7. The highest BCUT2D eigenvalue weighted by molar-refractivity contribution is 5.97. The molecule has 22 heavy (non-hydrogen) atoms. The molecule has 1 atom stereocenters. The molecule has 0 aliphatic rings. The van der Waals surface area contributed by atoms with Crippen molar-refractivity contribution >= 4 is 17.9 Å². The van der Waals surface area contributed by atoms with Crippen molar-refractivity contribution in [2.45, 2.75) is 32.8 Å². The lowest BCUT2D eigenvalue weighted by atomic mass is 10.1. The summed E-state index contributed by atoms with van der Waals surface area (Å²) < 4.78 is 5.26. The van der Waals surface area contributed by atoms with Gasteiger partial charge in [0.2, 0.25) is 6.10 Å². The smallest absolute Gasteiger partial charge is 0.321 e. The van der Waals surface area contributed by atoms with Crippen LogP contribution in [-0.2, 0) is 14.3 Å². The lowest BCUT2D eigenvalue weighted by molar-refractivity contribution is -0.156. The average Bonchev–Trinajstić information content (AvgIpc) is 2.51. The van der Waals surface area contributed by atoms with E-state index in [4.69, 9.17) is 4.74 Å². The second-order valence-electron chi connectivity index (χ2n) is 5.28. The minimum absolute atomic E-state index is 0.230. The minimum atomic E-state index is -1.14. The van der Waals surface area contributed by atoms with Gasteiger partial charge in [-0.05, 0) is 12.3 Å². The predicted molar refractivity (Wildman–Crippen MR) is 81.9 cm³/mol. The molecule has 0 heterocycles. The molecule has 120 valence electrons. The Balaban J connectivity index is 2.81. The Bertz CT molecular complexity index is 514. The zero-order valence-electron chi connectivity index (χ0n) is 13.1. The maximum atomic E-state index is 12.1. The summed E-state index contributed by atoms with van der Waals surface area (Å²) in [4.78, 5) is 35.3. The van der Waals surface area contributed by atoms with Crippen LogP contribution in [0.5, 0.6) is 0 Å². The highest BCUT2D eigenvalue weighted by Crippen LogP contribution is 2.19. The maximum absolute atomic E-state index is 12.1. The highest BCUT2D eigenvalue weighted by atomic mass is 16.5. The van der Waals surface area contributed by atoms with Gasteiger partial charge in [0.25, 0.3) is 5.91 Å². The number of hydrogen-bond acceptors (Lipinski definition) is 4. The van der Waals surface area contributed by atoms with Crippen molar-refractivity contribution in [2.75, 3.05) is 7.05 Å². The molecule has 0 aromatic heterocycles. The maximum Gasteiger partial charge on any atom is 0.321 e. The number of ether oxygens (including phenoxy) is 1. The molecule has 0 bridgehead atoms. The predicted octanol–water partition coefficient (Wildman–Crippen LogP) is 2.16. The van der Waals surface area contributed by atoms with Crippen LogP contribution in [0.3, 0.4) is 0 Å². The van der Waals surface area contributed by atoms with Crippen LogP contribution in [0, 0.1) is 5.92 Å². The van der Waals surface area contributed by atoms with Gasteiger partial charge in [-0.1, -0.05) is 44.2 Å². The van der Waals surface area contributed by atoms with Crippen LogP contribution in [0.4, 0.5) is 4.79 Å². The van der Waals surface area contributed by atoms with Crippen LogP contribution in [0.1, 0.15) is 38.4 Å². The van der Waals surface area contributed by atoms with Gasteiger partial charge < -0.3 is 10.1 Å². The Morgan fingerprint density at radius 3 is 2.32 bits per heavy atom. The Kier molecular flexibility index (Phi) is 7.08. The van der Waals surface area contributed by atoms with Gasteiger partial charge in [0, 0.05) is 19.0 Å². The summed E-state index contributed by atoms with van der Waals surface area (Å²) in [7, 11) is 1.40. The third-order valence-electron chi connectivity index (χ3n) is 2.98. The Morgan fingerprint density at radius 1 is 1.14 bits per heavy atom. The molecule has 0 fully saturated rings. The zero-order valence-corrected chi connectivity index (χ0v) is 13.1. The van der Waals surface area contributed by atoms with Crippen LogP contribution in [0.15, 0.2) is 30.3 Å². The van der Waals surface area contributed by atoms with Crippen molar-refractivity contribution in [1.29, 1.82) is 0 Å². The van der Waals surface area contributed by atoms with Gasteiger partial charge in [-0.2, -0.15) is 0 Å². The van der Waals surface area contributed by atoms with Gasteiger partial charge in [0.15, 0.2) is 0 Å². The molecule has 0 spiro atoms. The van der Waals surface area contributed by atoms with Gasteiger partial charge in [0.1, 0.15) is 0 Å². The number of amides is 3. The molecule has 0 radical (unpaired) electrons. The second-order valence-corrected chi connectivity index (χ2v) is 5.28. The molecule has 1 aromatic rings. The van der Waals surface area contributed by atoms with E-state index in [1.54, 1.807) is 30.3 Å². The summed E-state index contributed by atoms with van der Waals surface area (Å²) in [6, 6.07) is 7.95. The fourth-order valence-corrected chi connectivity index (χ4v) is 1.74. The number of nitrogens with one attached hydrogen (secondary N) is 2. The van der Waals surface area contributed by atoms with Crippen LogP contribution >= 0.6 is 0 Å². The molecule has 1 aromatic carbocycles. The van der Waals surface area contributed by atoms with Crippen molar-refractivity contribution in [3.8, 4) is 0 Å². The quantitative estimate of drug-likeness (QED) is 0.789. The van der Waals surface area contributed by atoms with Crippen molar-refractivity contribution in [2.24, 2.45) is 5.92 Å². The summed E-state index contributed by atoms with van der Waals surface area (Å²) in [5.74, 6) is -0.777. The minimum Gasteiger partial charge on any atom is -0.447 e. The molecule has 0 saturated heterocycles. The number of urea groups is 1. The number of hydrogen-bond donors (Lipinski definition) is 2. The Labute approximate surface area is 130 Å². The number of benzene rings is 1. The van der Waals surface area contributed by atoms with E-state index in [0.29, 0.717) is 17.9 Å². The molecule has 0 aliphatic carbocycles. The molecule has 1 rings (SSSR count). The number of esters is 1. The van der Waals surface area contributed by atoms with E-state index < -0.39 is 24.0 Å². The Morgan fingerprint density at radius 2 is 1.77 bits per heavy atom. The summed E-state index contributed by atoms with van der Waals surface area (Å²) in [5.41, 5.74) is 0.516. The van der Waals surface area contributed by atoms with E-state index in [1.165, 1.54) is 7.05 Å². The third kappa shape index (κ3) is 5.95. The van der Waals surface area contributed by atoms with E-state index in [2.05, 4.69) is 10.6 Å². The van der Waals surface area contributed by atoms with Crippen LogP contribution < -0.4 is 10.6 Å². The molecule has 6 heteroatoms. The standard InChI is InChI=1S/C16H22N2O4/c1-11(2)9-10-13(19)22-14(12-7-5-4-6-8-12)15(20)18-16(21)17-3/h4-8,11,14H,9-10H2,1-3H3,(H2,17,18,20,21)/t14-/m1/s1. The average molecular weight is 306 g/mol. The van der Waals surface area contributed by atoms with E-state index in [-0.39, 0.29) is 6.42 Å². The third-order valence-corrected chi connectivity index (χ3v) is 2.98. The summed E-state index contributed by atoms with van der Waals surface area (Å²) in [6.07, 6.45) is -0.232. The van der Waals surface area contributed by atoms with E-state index >= 15 is 0 Å². The summed E-state index contributed by atoms with van der Waals surface area (Å²) in [5, 5.41) is 4.42. The monoisotopic (exact) mass is 306 g/mol. The SMILES string of the molecule is CNC(=O)NC(=O)[C@H](OC(=O)CCC(C)C)c1ccccc1. The first-order valence-electron chi connectivity index (χ1n) is 7.21. The lowest BCUT2D eigenvalue weighted by Crippen LogP contribution is -2.41. The normalized spacial score (nSPS) is 11.6. The van der Waals surface area contributed by atoms with Gasteiger partial charge in [-0.25, -0.2) is 4.79 Å². The zero-order chi connectivity index (χ0) is 16.5. The number of imide groups is 1. The summed E-state index contributed by atoms with van der Waals surface area (Å²) in [6.45, 7) is 4.00. The molecule has 0 aliphatic heterocycles. The van der Waals surface area contributed by atoms with E-state index in [9.17, 15) is 14.4 Å². The van der Waals surface area contributed by atoms with E-state index in [0.717, 1.165) is 0 Å². The van der Waals surface area contributed by atoms with E-state index in [1.807, 2.05) is 13.8 Å². The molecule has 0 unspecified atom stereocenters. The van der Waals surface area contributed by atoms with Crippen LogP contribution in [0.25, 0.3) is 0 Å². The van der Waals surface area contributed by atoms with Crippen molar-refractivity contribution in [3.05, 3.63) is 35.9 Å². The van der Waals surface area contributed by atoms with Gasteiger partial charge >= 0.3 is 12.0 Å². The largest absolute Gasteiger partial charge is 0.447 e. The fourth-order valence-electron chi connectivity index (χ4n) is 1.74. The van der Waals surface area contributed by atoms with Gasteiger partial charge in [-0.3, -0.25) is 14.9 Å². The van der Waals surface area contributed by atoms with Crippen LogP contribution in [0.2, 0.25) is 0 Å². The number of carbonyl (C=O) groups excluding carboxylic acids is 3. The molecule has 3 amide bonds. The fraction of sp³-hybridized carbons (Fsp3) is 0.438. The Hall–Kier alpha value is -2.37. The van der Waals surface area contributed by atoms with Crippen molar-refractivity contribution < 1.29 is 19.1 Å². The molecule has 6 nitrogen and oxygen atoms in total.